The van der Waals surface area contributed by atoms with Gasteiger partial charge in [0.2, 0.25) is 0 Å². The first-order chi connectivity index (χ1) is 9.25. The predicted molar refractivity (Wildman–Crippen MR) is 53.6 cm³/mol. The van der Waals surface area contributed by atoms with E-state index >= 15 is 0 Å². The molecule has 0 aromatic carbocycles. The average Bonchev–Trinajstić information content (AvgIpc) is 2.62. The Hall–Kier alpha value is -1.26. The van der Waals surface area contributed by atoms with Gasteiger partial charge in [-0.05, 0) is 11.4 Å². The van der Waals surface area contributed by atoms with Gasteiger partial charge in [-0.15, -0.1) is 11.3 Å². The fourth-order valence-electron chi connectivity index (χ4n) is 1.66. The molecule has 1 aromatic heterocycles. The molecule has 0 fully saturated rings. The molecule has 120 valence electrons. The molecular formula is C10H5F9OS. The quantitative estimate of drug-likeness (QED) is 0.736. The molecule has 0 N–H and O–H groups in total. The van der Waals surface area contributed by atoms with Gasteiger partial charge in [0.15, 0.2) is 5.78 Å². The Labute approximate surface area is 115 Å². The van der Waals surface area contributed by atoms with Crippen molar-refractivity contribution >= 4 is 17.1 Å². The van der Waals surface area contributed by atoms with Gasteiger partial charge >= 0.3 is 23.9 Å². The second kappa shape index (κ2) is 5.18. The molecule has 1 heterocycles. The van der Waals surface area contributed by atoms with Gasteiger partial charge in [-0.25, -0.2) is 0 Å². The standard InChI is InChI=1S/C10H5F9OS/c11-8(12,13)7(9(14,15)16,10(17,18)19)6(20)4-5-2-1-3-21-5/h1-3H,4H2. The van der Waals surface area contributed by atoms with Crippen molar-refractivity contribution in [3.8, 4) is 0 Å². The lowest BCUT2D eigenvalue weighted by Crippen LogP contribution is -2.64. The van der Waals surface area contributed by atoms with Crippen LogP contribution in [0.4, 0.5) is 39.5 Å². The molecule has 0 saturated heterocycles. The molecule has 1 nitrogen and oxygen atoms in total. The Balaban J connectivity index is 3.47. The van der Waals surface area contributed by atoms with Crippen LogP contribution in [-0.2, 0) is 11.2 Å². The number of carbonyl (C=O) groups is 1. The van der Waals surface area contributed by atoms with E-state index in [-0.39, 0.29) is 4.88 Å². The number of Topliss-reactive ketones (excluding diaryl/α,β-unsaturated/α-hetero) is 1. The minimum Gasteiger partial charge on any atom is -0.298 e. The van der Waals surface area contributed by atoms with Gasteiger partial charge in [0.05, 0.1) is 0 Å². The molecule has 11 heteroatoms. The van der Waals surface area contributed by atoms with E-state index in [2.05, 4.69) is 0 Å². The van der Waals surface area contributed by atoms with Crippen molar-refractivity contribution in [3.63, 3.8) is 0 Å². The van der Waals surface area contributed by atoms with Crippen LogP contribution in [-0.4, -0.2) is 24.3 Å². The number of ketones is 1. The third-order valence-corrected chi connectivity index (χ3v) is 3.49. The van der Waals surface area contributed by atoms with Gasteiger partial charge in [0, 0.05) is 11.3 Å². The number of hydrogen-bond donors (Lipinski definition) is 0. The third kappa shape index (κ3) is 2.87. The highest BCUT2D eigenvalue weighted by Crippen LogP contribution is 2.60. The molecule has 1 rings (SSSR count). The fraction of sp³-hybridized carbons (Fsp3) is 0.500. The van der Waals surface area contributed by atoms with Gasteiger partial charge in [-0.1, -0.05) is 6.07 Å². The summed E-state index contributed by atoms with van der Waals surface area (Å²) in [6.07, 6.45) is -22.2. The Bertz CT molecular complexity index is 458. The smallest absolute Gasteiger partial charge is 0.298 e. The highest BCUT2D eigenvalue weighted by atomic mass is 32.1. The third-order valence-electron chi connectivity index (χ3n) is 2.61. The summed E-state index contributed by atoms with van der Waals surface area (Å²) in [7, 11) is 0. The summed E-state index contributed by atoms with van der Waals surface area (Å²) in [6.45, 7) is 0. The largest absolute Gasteiger partial charge is 0.419 e. The van der Waals surface area contributed by atoms with Crippen molar-refractivity contribution in [2.24, 2.45) is 5.41 Å². The van der Waals surface area contributed by atoms with Crippen molar-refractivity contribution in [1.29, 1.82) is 0 Å². The minimum absolute atomic E-state index is 0.331. The van der Waals surface area contributed by atoms with Gasteiger partial charge in [0.1, 0.15) is 0 Å². The summed E-state index contributed by atoms with van der Waals surface area (Å²) in [5.74, 6) is -3.00. The van der Waals surface area contributed by atoms with Crippen molar-refractivity contribution < 1.29 is 44.3 Å². The summed E-state index contributed by atoms with van der Waals surface area (Å²) in [6, 6.07) is 2.15. The molecule has 0 aliphatic rings. The lowest BCUT2D eigenvalue weighted by atomic mass is 9.79. The van der Waals surface area contributed by atoms with Crippen LogP contribution in [0.2, 0.25) is 0 Å². The summed E-state index contributed by atoms with van der Waals surface area (Å²) < 4.78 is 113. The Morgan fingerprint density at radius 2 is 1.33 bits per heavy atom. The van der Waals surface area contributed by atoms with Crippen LogP contribution < -0.4 is 0 Å². The van der Waals surface area contributed by atoms with Gasteiger partial charge < -0.3 is 0 Å². The monoisotopic (exact) mass is 344 g/mol. The molecule has 0 saturated carbocycles. The number of carbonyl (C=O) groups excluding carboxylic acids is 1. The van der Waals surface area contributed by atoms with Crippen LogP contribution in [0.3, 0.4) is 0 Å². The maximum atomic E-state index is 12.6. The lowest BCUT2D eigenvalue weighted by molar-refractivity contribution is -0.406. The molecule has 0 atom stereocenters. The van der Waals surface area contributed by atoms with E-state index in [0.717, 1.165) is 6.07 Å². The molecule has 0 aliphatic heterocycles. The second-order valence-electron chi connectivity index (χ2n) is 3.92. The molecule has 0 amide bonds. The predicted octanol–water partition coefficient (Wildman–Crippen LogP) is 4.53. The van der Waals surface area contributed by atoms with Gasteiger partial charge in [0.25, 0.3) is 0 Å². The van der Waals surface area contributed by atoms with Crippen LogP contribution >= 0.6 is 11.3 Å². The topological polar surface area (TPSA) is 17.1 Å². The van der Waals surface area contributed by atoms with E-state index in [0.29, 0.717) is 11.3 Å². The Morgan fingerprint density at radius 1 is 0.905 bits per heavy atom. The molecular weight excluding hydrogens is 339 g/mol. The Kier molecular flexibility index (Phi) is 4.39. The van der Waals surface area contributed by atoms with E-state index < -0.39 is 36.1 Å². The van der Waals surface area contributed by atoms with Crippen molar-refractivity contribution in [2.75, 3.05) is 0 Å². The number of thiophene rings is 1. The van der Waals surface area contributed by atoms with E-state index in [1.165, 1.54) is 11.4 Å². The SMILES string of the molecule is O=C(Cc1cccs1)C(C(F)(F)F)(C(F)(F)F)C(F)(F)F. The zero-order chi connectivity index (χ0) is 16.7. The normalized spacial score (nSPS) is 14.3. The van der Waals surface area contributed by atoms with Crippen LogP contribution in [0, 0.1) is 5.41 Å². The maximum absolute atomic E-state index is 12.6. The number of hydrogen-bond acceptors (Lipinski definition) is 2. The van der Waals surface area contributed by atoms with E-state index in [4.69, 9.17) is 0 Å². The number of alkyl halides is 9. The van der Waals surface area contributed by atoms with Crippen LogP contribution in [0.5, 0.6) is 0 Å². The van der Waals surface area contributed by atoms with E-state index in [1.54, 1.807) is 0 Å². The zero-order valence-corrected chi connectivity index (χ0v) is 10.5. The number of halogens is 9. The van der Waals surface area contributed by atoms with Gasteiger partial charge in [-0.2, -0.15) is 39.5 Å². The molecule has 0 bridgehead atoms. The van der Waals surface area contributed by atoms with E-state index in [9.17, 15) is 44.3 Å². The van der Waals surface area contributed by atoms with Crippen molar-refractivity contribution in [3.05, 3.63) is 22.4 Å². The second-order valence-corrected chi connectivity index (χ2v) is 4.95. The summed E-state index contributed by atoms with van der Waals surface area (Å²) in [5.41, 5.74) is -6.39. The summed E-state index contributed by atoms with van der Waals surface area (Å²) >= 11 is 0.576. The molecule has 0 radical (unpaired) electrons. The van der Waals surface area contributed by atoms with Gasteiger partial charge in [-0.3, -0.25) is 4.79 Å². The number of rotatable bonds is 3. The highest BCUT2D eigenvalue weighted by molar-refractivity contribution is 7.10. The maximum Gasteiger partial charge on any atom is 0.419 e. The van der Waals surface area contributed by atoms with Crippen LogP contribution in [0.1, 0.15) is 4.88 Å². The molecule has 0 unspecified atom stereocenters. The van der Waals surface area contributed by atoms with Crippen molar-refractivity contribution in [2.45, 2.75) is 24.9 Å². The molecule has 0 spiro atoms. The lowest BCUT2D eigenvalue weighted by Gasteiger charge is -2.37. The molecule has 1 aromatic rings. The minimum atomic E-state index is -6.85. The van der Waals surface area contributed by atoms with Crippen molar-refractivity contribution in [1.82, 2.24) is 0 Å². The van der Waals surface area contributed by atoms with Crippen LogP contribution in [0.15, 0.2) is 17.5 Å². The van der Waals surface area contributed by atoms with Crippen LogP contribution in [0.25, 0.3) is 0 Å². The molecule has 21 heavy (non-hydrogen) atoms. The Morgan fingerprint density at radius 3 is 1.62 bits per heavy atom. The first-order valence-electron chi connectivity index (χ1n) is 5.01. The molecule has 0 aliphatic carbocycles. The first-order valence-corrected chi connectivity index (χ1v) is 5.89. The first kappa shape index (κ1) is 17.8. The zero-order valence-electron chi connectivity index (χ0n) is 9.66. The average molecular weight is 344 g/mol. The fourth-order valence-corrected chi connectivity index (χ4v) is 2.36. The highest BCUT2D eigenvalue weighted by Gasteiger charge is 2.87. The van der Waals surface area contributed by atoms with E-state index in [1.807, 2.05) is 0 Å². The summed E-state index contributed by atoms with van der Waals surface area (Å²) in [4.78, 5) is 11.0. The summed E-state index contributed by atoms with van der Waals surface area (Å²) in [5, 5.41) is 1.21.